The summed E-state index contributed by atoms with van der Waals surface area (Å²) in [7, 11) is 0. The molecule has 0 saturated heterocycles. The minimum atomic E-state index is -0.574. The number of halogens is 2. The van der Waals surface area contributed by atoms with Gasteiger partial charge >= 0.3 is 0 Å². The van der Waals surface area contributed by atoms with Gasteiger partial charge in [-0.05, 0) is 72.2 Å². The van der Waals surface area contributed by atoms with Gasteiger partial charge in [0.05, 0.1) is 9.75 Å². The molecule has 0 nitrogen and oxygen atoms in total. The van der Waals surface area contributed by atoms with E-state index in [1.807, 2.05) is 0 Å². The minimum absolute atomic E-state index is 0. The van der Waals surface area contributed by atoms with Gasteiger partial charge in [0.15, 0.2) is 0 Å². The third kappa shape index (κ3) is 2.91. The van der Waals surface area contributed by atoms with Crippen molar-refractivity contribution < 1.29 is 25.8 Å². The van der Waals surface area contributed by atoms with Gasteiger partial charge in [-0.15, -0.1) is 23.2 Å². The van der Waals surface area contributed by atoms with E-state index >= 15 is 0 Å². The van der Waals surface area contributed by atoms with E-state index in [2.05, 4.69) is 76.3 Å². The molecule has 0 bridgehead atoms. The first-order valence-corrected chi connectivity index (χ1v) is 9.48. The van der Waals surface area contributed by atoms with Gasteiger partial charge in [-0.1, -0.05) is 48.6 Å². The molecule has 4 rings (SSSR count). The molecule has 0 saturated carbocycles. The number of fused-ring (bicyclic) bond motifs is 2. The average molecular weight is 548 g/mol. The third-order valence-corrected chi connectivity index (χ3v) is 6.61. The molecule has 0 radical (unpaired) electrons. The number of hydrogen-bond acceptors (Lipinski definition) is 0. The van der Waals surface area contributed by atoms with Gasteiger partial charge in [0.1, 0.15) is 0 Å². The summed E-state index contributed by atoms with van der Waals surface area (Å²) in [5.74, 6) is 0. The molecular formula is C23H22Cl2Hf. The topological polar surface area (TPSA) is 0 Å². The Kier molecular flexibility index (Phi) is 5.23. The molecule has 2 unspecified atom stereocenters. The first kappa shape index (κ1) is 20.1. The van der Waals surface area contributed by atoms with Crippen molar-refractivity contribution >= 4 is 35.4 Å². The van der Waals surface area contributed by atoms with Crippen LogP contribution >= 0.6 is 23.2 Å². The van der Waals surface area contributed by atoms with Crippen molar-refractivity contribution in [2.75, 3.05) is 0 Å². The van der Waals surface area contributed by atoms with E-state index in [0.717, 1.165) is 0 Å². The van der Waals surface area contributed by atoms with Gasteiger partial charge in [0.2, 0.25) is 0 Å². The largest absolute Gasteiger partial charge is 0.109 e. The molecule has 3 heteroatoms. The van der Waals surface area contributed by atoms with Crippen LogP contribution in [0, 0.1) is 27.7 Å². The molecule has 0 N–H and O–H groups in total. The number of benzene rings is 2. The van der Waals surface area contributed by atoms with E-state index in [9.17, 15) is 0 Å². The molecule has 26 heavy (non-hydrogen) atoms. The Balaban J connectivity index is 0.00000196. The molecule has 0 heterocycles. The number of aryl methyl sites for hydroxylation is 4. The number of allylic oxidation sites excluding steroid dienone is 2. The Hall–Kier alpha value is -0.630. The van der Waals surface area contributed by atoms with Crippen molar-refractivity contribution in [3.8, 4) is 0 Å². The molecular weight excluding hydrogens is 526 g/mol. The predicted molar refractivity (Wildman–Crippen MR) is 110 cm³/mol. The van der Waals surface area contributed by atoms with Gasteiger partial charge < -0.3 is 0 Å². The summed E-state index contributed by atoms with van der Waals surface area (Å²) in [4.78, 5) is -1.15. The van der Waals surface area contributed by atoms with E-state index in [4.69, 9.17) is 23.2 Å². The predicted octanol–water partition coefficient (Wildman–Crippen LogP) is 6.93. The Bertz CT molecular complexity index is 880. The molecule has 2 aliphatic carbocycles. The minimum Gasteiger partial charge on any atom is -0.109 e. The normalized spacial score (nSPS) is 25.2. The van der Waals surface area contributed by atoms with Crippen LogP contribution in [-0.4, -0.2) is 0 Å². The van der Waals surface area contributed by atoms with Gasteiger partial charge in [0.25, 0.3) is 0 Å². The first-order chi connectivity index (χ1) is 11.8. The van der Waals surface area contributed by atoms with Crippen LogP contribution in [0.25, 0.3) is 12.2 Å². The quantitative estimate of drug-likeness (QED) is 0.283. The second kappa shape index (κ2) is 6.76. The van der Waals surface area contributed by atoms with Crippen molar-refractivity contribution in [3.63, 3.8) is 0 Å². The second-order valence-electron chi connectivity index (χ2n) is 7.54. The summed E-state index contributed by atoms with van der Waals surface area (Å²) in [5, 5.41) is 0. The van der Waals surface area contributed by atoms with Crippen molar-refractivity contribution in [3.05, 3.63) is 80.9 Å². The summed E-state index contributed by atoms with van der Waals surface area (Å²) in [6, 6.07) is 8.64. The summed E-state index contributed by atoms with van der Waals surface area (Å²) < 4.78 is 0. The Morgan fingerprint density at radius 2 is 1.00 bits per heavy atom. The fourth-order valence-electron chi connectivity index (χ4n) is 4.46. The van der Waals surface area contributed by atoms with Crippen LogP contribution in [0.5, 0.6) is 0 Å². The fourth-order valence-corrected chi connectivity index (χ4v) is 5.58. The molecule has 2 aliphatic rings. The van der Waals surface area contributed by atoms with Crippen LogP contribution in [0.15, 0.2) is 36.4 Å². The molecule has 0 amide bonds. The van der Waals surface area contributed by atoms with Crippen LogP contribution in [0.4, 0.5) is 0 Å². The van der Waals surface area contributed by atoms with Gasteiger partial charge in [-0.25, -0.2) is 0 Å². The van der Waals surface area contributed by atoms with Crippen molar-refractivity contribution in [2.45, 2.75) is 43.9 Å². The molecule has 132 valence electrons. The molecule has 0 aromatic heterocycles. The van der Waals surface area contributed by atoms with E-state index in [-0.39, 0.29) is 25.8 Å². The monoisotopic (exact) mass is 548 g/mol. The average Bonchev–Trinajstić information content (AvgIpc) is 3.07. The standard InChI is InChI=1S/C23H22Cl2.Hf/c1-14-5-7-16(3)20-18(14)9-11-22(20,24)13-23(25)12-10-19-15(2)6-8-17(4)21(19)23;/h5-12H,13H2,1-4H3;. The third-order valence-electron chi connectivity index (χ3n) is 5.72. The Labute approximate surface area is 185 Å². The van der Waals surface area contributed by atoms with E-state index < -0.39 is 9.75 Å². The Morgan fingerprint density at radius 1 is 0.654 bits per heavy atom. The summed E-state index contributed by atoms with van der Waals surface area (Å²) in [5.41, 5.74) is 9.89. The zero-order chi connectivity index (χ0) is 18.0. The summed E-state index contributed by atoms with van der Waals surface area (Å²) >= 11 is 14.4. The van der Waals surface area contributed by atoms with Crippen LogP contribution in [0.2, 0.25) is 0 Å². The summed E-state index contributed by atoms with van der Waals surface area (Å²) in [6.07, 6.45) is 9.21. The second-order valence-corrected chi connectivity index (χ2v) is 8.89. The molecule has 0 aliphatic heterocycles. The molecule has 2 aromatic carbocycles. The SMILES string of the molecule is Cc1ccc(C)c2c1C=CC2(Cl)CC1(Cl)C=Cc2c(C)ccc(C)c21.[Hf]. The zero-order valence-electron chi connectivity index (χ0n) is 15.6. The van der Waals surface area contributed by atoms with E-state index in [0.29, 0.717) is 6.42 Å². The molecule has 2 aromatic rings. The van der Waals surface area contributed by atoms with Crippen molar-refractivity contribution in [2.24, 2.45) is 0 Å². The summed E-state index contributed by atoms with van der Waals surface area (Å²) in [6.45, 7) is 8.55. The van der Waals surface area contributed by atoms with Gasteiger partial charge in [-0.2, -0.15) is 0 Å². The van der Waals surface area contributed by atoms with Crippen LogP contribution in [-0.2, 0) is 35.6 Å². The van der Waals surface area contributed by atoms with Crippen molar-refractivity contribution in [1.29, 1.82) is 0 Å². The smallest absolute Gasteiger partial charge is 0.0909 e. The van der Waals surface area contributed by atoms with Gasteiger partial charge in [-0.3, -0.25) is 0 Å². The number of hydrogen-bond donors (Lipinski definition) is 0. The maximum absolute atomic E-state index is 7.20. The van der Waals surface area contributed by atoms with Crippen molar-refractivity contribution in [1.82, 2.24) is 0 Å². The van der Waals surface area contributed by atoms with Gasteiger partial charge in [0, 0.05) is 32.3 Å². The van der Waals surface area contributed by atoms with E-state index in [1.165, 1.54) is 44.5 Å². The molecule has 0 spiro atoms. The molecule has 0 fully saturated rings. The van der Waals surface area contributed by atoms with Crippen LogP contribution in [0.3, 0.4) is 0 Å². The maximum atomic E-state index is 7.20. The first-order valence-electron chi connectivity index (χ1n) is 8.73. The molecule has 2 atom stereocenters. The number of rotatable bonds is 2. The van der Waals surface area contributed by atoms with E-state index in [1.54, 1.807) is 0 Å². The Morgan fingerprint density at radius 3 is 1.38 bits per heavy atom. The zero-order valence-corrected chi connectivity index (χ0v) is 20.7. The maximum Gasteiger partial charge on any atom is 0.0909 e. The number of alkyl halides is 2. The van der Waals surface area contributed by atoms with Crippen LogP contribution in [0.1, 0.15) is 50.9 Å². The van der Waals surface area contributed by atoms with Crippen LogP contribution < -0.4 is 0 Å². The fraction of sp³-hybridized carbons (Fsp3) is 0.304.